The lowest BCUT2D eigenvalue weighted by molar-refractivity contribution is 0.203. The molecule has 0 fully saturated rings. The van der Waals surface area contributed by atoms with Crippen molar-refractivity contribution < 1.29 is 4.74 Å². The van der Waals surface area contributed by atoms with Gasteiger partial charge < -0.3 is 19.9 Å². The van der Waals surface area contributed by atoms with Crippen LogP contribution in [0.2, 0.25) is 0 Å². The van der Waals surface area contributed by atoms with E-state index in [9.17, 15) is 0 Å². The molecule has 0 spiro atoms. The van der Waals surface area contributed by atoms with Crippen molar-refractivity contribution in [3.8, 4) is 0 Å². The summed E-state index contributed by atoms with van der Waals surface area (Å²) in [6.07, 6.45) is 4.10. The van der Waals surface area contributed by atoms with Gasteiger partial charge in [0, 0.05) is 39.6 Å². The SMILES string of the molecule is CCNC(=NCc1ccn(C)c1)NCCOC.I. The number of hydrogen-bond donors (Lipinski definition) is 2. The number of nitrogens with zero attached hydrogens (tertiary/aromatic N) is 2. The summed E-state index contributed by atoms with van der Waals surface area (Å²) < 4.78 is 7.01. The molecule has 1 aromatic rings. The Balaban J connectivity index is 0.00000289. The molecular formula is C12H23IN4O. The molecule has 0 unspecified atom stereocenters. The monoisotopic (exact) mass is 366 g/mol. The second kappa shape index (κ2) is 10.2. The highest BCUT2D eigenvalue weighted by Crippen LogP contribution is 2.00. The van der Waals surface area contributed by atoms with Crippen LogP contribution in [0.25, 0.3) is 0 Å². The number of rotatable bonds is 6. The summed E-state index contributed by atoms with van der Waals surface area (Å²) in [4.78, 5) is 4.49. The van der Waals surface area contributed by atoms with E-state index in [4.69, 9.17) is 4.74 Å². The molecule has 1 rings (SSSR count). The van der Waals surface area contributed by atoms with E-state index in [1.54, 1.807) is 7.11 Å². The molecule has 18 heavy (non-hydrogen) atoms. The van der Waals surface area contributed by atoms with Crippen LogP contribution in [-0.4, -0.2) is 37.3 Å². The minimum absolute atomic E-state index is 0. The van der Waals surface area contributed by atoms with Crippen LogP contribution < -0.4 is 10.6 Å². The predicted molar refractivity (Wildman–Crippen MR) is 85.5 cm³/mol. The van der Waals surface area contributed by atoms with Crippen LogP contribution in [0.1, 0.15) is 12.5 Å². The molecule has 5 nitrogen and oxygen atoms in total. The molecular weight excluding hydrogens is 343 g/mol. The first-order valence-electron chi connectivity index (χ1n) is 5.88. The van der Waals surface area contributed by atoms with Crippen LogP contribution in [0.5, 0.6) is 0 Å². The van der Waals surface area contributed by atoms with E-state index in [2.05, 4.69) is 34.8 Å². The van der Waals surface area contributed by atoms with Gasteiger partial charge in [0.15, 0.2) is 5.96 Å². The predicted octanol–water partition coefficient (Wildman–Crippen LogP) is 1.34. The number of hydrogen-bond acceptors (Lipinski definition) is 2. The van der Waals surface area contributed by atoms with Gasteiger partial charge in [-0.05, 0) is 18.6 Å². The molecule has 1 heterocycles. The van der Waals surface area contributed by atoms with Crippen LogP contribution >= 0.6 is 24.0 Å². The van der Waals surface area contributed by atoms with Gasteiger partial charge in [0.05, 0.1) is 13.2 Å². The molecule has 0 aliphatic rings. The minimum atomic E-state index is 0. The molecule has 0 atom stereocenters. The van der Waals surface area contributed by atoms with Gasteiger partial charge in [0.25, 0.3) is 0 Å². The molecule has 0 bridgehead atoms. The van der Waals surface area contributed by atoms with Gasteiger partial charge in [-0.1, -0.05) is 0 Å². The molecule has 104 valence electrons. The zero-order valence-corrected chi connectivity index (χ0v) is 13.6. The highest BCUT2D eigenvalue weighted by molar-refractivity contribution is 14.0. The molecule has 0 aliphatic heterocycles. The van der Waals surface area contributed by atoms with Crippen LogP contribution in [0.4, 0.5) is 0 Å². The Morgan fingerprint density at radius 1 is 1.44 bits per heavy atom. The van der Waals surface area contributed by atoms with Gasteiger partial charge in [0.1, 0.15) is 0 Å². The summed E-state index contributed by atoms with van der Waals surface area (Å²) in [6, 6.07) is 2.07. The summed E-state index contributed by atoms with van der Waals surface area (Å²) in [6.45, 7) is 5.03. The van der Waals surface area contributed by atoms with Gasteiger partial charge in [-0.25, -0.2) is 4.99 Å². The molecule has 1 aromatic heterocycles. The maximum atomic E-state index is 4.99. The largest absolute Gasteiger partial charge is 0.383 e. The fourth-order valence-electron chi connectivity index (χ4n) is 1.44. The number of aliphatic imine (C=N–C) groups is 1. The lowest BCUT2D eigenvalue weighted by atomic mass is 10.3. The normalized spacial score (nSPS) is 10.9. The standard InChI is InChI=1S/C12H22N4O.HI/c1-4-13-12(14-6-8-17-3)15-9-11-5-7-16(2)10-11;/h5,7,10H,4,6,8-9H2,1-3H3,(H2,13,14,15);1H. The van der Waals surface area contributed by atoms with Gasteiger partial charge in [-0.2, -0.15) is 0 Å². The van der Waals surface area contributed by atoms with Crippen molar-refractivity contribution in [2.24, 2.45) is 12.0 Å². The minimum Gasteiger partial charge on any atom is -0.383 e. The van der Waals surface area contributed by atoms with Crippen molar-refractivity contribution in [2.45, 2.75) is 13.5 Å². The van der Waals surface area contributed by atoms with E-state index in [1.807, 2.05) is 17.8 Å². The third-order valence-electron chi connectivity index (χ3n) is 2.26. The summed E-state index contributed by atoms with van der Waals surface area (Å²) in [5.41, 5.74) is 1.21. The van der Waals surface area contributed by atoms with Crippen LogP contribution in [-0.2, 0) is 18.3 Å². The molecule has 0 aliphatic carbocycles. The Morgan fingerprint density at radius 2 is 2.22 bits per heavy atom. The lowest BCUT2D eigenvalue weighted by Gasteiger charge is -2.10. The molecule has 2 N–H and O–H groups in total. The summed E-state index contributed by atoms with van der Waals surface area (Å²) in [7, 11) is 3.70. The first kappa shape index (κ1) is 17.2. The number of aromatic nitrogens is 1. The summed E-state index contributed by atoms with van der Waals surface area (Å²) in [5.74, 6) is 0.827. The number of aryl methyl sites for hydroxylation is 1. The third-order valence-corrected chi connectivity index (χ3v) is 2.26. The molecule has 0 saturated heterocycles. The van der Waals surface area contributed by atoms with E-state index in [1.165, 1.54) is 5.56 Å². The van der Waals surface area contributed by atoms with Crippen molar-refractivity contribution in [1.82, 2.24) is 15.2 Å². The molecule has 0 saturated carbocycles. The second-order valence-corrected chi connectivity index (χ2v) is 3.80. The van der Waals surface area contributed by atoms with Gasteiger partial charge >= 0.3 is 0 Å². The first-order valence-corrected chi connectivity index (χ1v) is 5.88. The van der Waals surface area contributed by atoms with E-state index < -0.39 is 0 Å². The molecule has 0 aromatic carbocycles. The van der Waals surface area contributed by atoms with E-state index in [-0.39, 0.29) is 24.0 Å². The van der Waals surface area contributed by atoms with Crippen molar-refractivity contribution in [3.05, 3.63) is 24.0 Å². The Bertz CT molecular complexity index is 352. The smallest absolute Gasteiger partial charge is 0.191 e. The summed E-state index contributed by atoms with van der Waals surface area (Å²) in [5, 5.41) is 6.40. The maximum absolute atomic E-state index is 4.99. The zero-order chi connectivity index (χ0) is 12.5. The first-order chi connectivity index (χ1) is 8.26. The zero-order valence-electron chi connectivity index (χ0n) is 11.3. The summed E-state index contributed by atoms with van der Waals surface area (Å²) >= 11 is 0. The highest BCUT2D eigenvalue weighted by atomic mass is 127. The van der Waals surface area contributed by atoms with Crippen molar-refractivity contribution in [2.75, 3.05) is 26.8 Å². The average Bonchev–Trinajstić information content (AvgIpc) is 2.72. The van der Waals surface area contributed by atoms with Crippen LogP contribution in [0.3, 0.4) is 0 Å². The number of ether oxygens (including phenoxy) is 1. The average molecular weight is 366 g/mol. The highest BCUT2D eigenvalue weighted by Gasteiger charge is 1.97. The quantitative estimate of drug-likeness (QED) is 0.346. The van der Waals surface area contributed by atoms with Crippen molar-refractivity contribution in [1.29, 1.82) is 0 Å². The fraction of sp³-hybridized carbons (Fsp3) is 0.583. The van der Waals surface area contributed by atoms with Gasteiger partial charge in [-0.15, -0.1) is 24.0 Å². The Morgan fingerprint density at radius 3 is 2.78 bits per heavy atom. The number of methoxy groups -OCH3 is 1. The Hall–Kier alpha value is -0.760. The lowest BCUT2D eigenvalue weighted by Crippen LogP contribution is -2.38. The maximum Gasteiger partial charge on any atom is 0.191 e. The Kier molecular flexibility index (Phi) is 9.76. The molecule has 0 radical (unpaired) electrons. The topological polar surface area (TPSA) is 50.6 Å². The van der Waals surface area contributed by atoms with E-state index in [0.29, 0.717) is 13.2 Å². The van der Waals surface area contributed by atoms with E-state index in [0.717, 1.165) is 19.0 Å². The van der Waals surface area contributed by atoms with Crippen molar-refractivity contribution >= 4 is 29.9 Å². The van der Waals surface area contributed by atoms with E-state index >= 15 is 0 Å². The molecule has 6 heteroatoms. The second-order valence-electron chi connectivity index (χ2n) is 3.80. The van der Waals surface area contributed by atoms with Crippen molar-refractivity contribution in [3.63, 3.8) is 0 Å². The third kappa shape index (κ3) is 6.85. The number of nitrogens with one attached hydrogen (secondary N) is 2. The molecule has 0 amide bonds. The Labute approximate surface area is 126 Å². The van der Waals surface area contributed by atoms with Gasteiger partial charge in [-0.3, -0.25) is 0 Å². The van der Waals surface area contributed by atoms with Crippen LogP contribution in [0, 0.1) is 0 Å². The van der Waals surface area contributed by atoms with Crippen LogP contribution in [0.15, 0.2) is 23.5 Å². The fourth-order valence-corrected chi connectivity index (χ4v) is 1.44. The van der Waals surface area contributed by atoms with Gasteiger partial charge in [0.2, 0.25) is 0 Å². The number of halogens is 1. The number of guanidine groups is 1.